The summed E-state index contributed by atoms with van der Waals surface area (Å²) in [5.74, 6) is -0.618. The highest BCUT2D eigenvalue weighted by Crippen LogP contribution is 2.08. The number of carbonyl (C=O) groups excluding carboxylic acids is 2. The van der Waals surface area contributed by atoms with E-state index in [9.17, 15) is 14.0 Å². The fourth-order valence-electron chi connectivity index (χ4n) is 2.84. The van der Waals surface area contributed by atoms with Gasteiger partial charge in [-0.15, -0.1) is 0 Å². The molecule has 0 radical (unpaired) electrons. The van der Waals surface area contributed by atoms with Gasteiger partial charge < -0.3 is 16.0 Å². The van der Waals surface area contributed by atoms with Gasteiger partial charge in [-0.2, -0.15) is 0 Å². The first-order valence-corrected chi connectivity index (χ1v) is 7.63. The van der Waals surface area contributed by atoms with Crippen LogP contribution in [0.1, 0.15) is 25.3 Å². The lowest BCUT2D eigenvalue weighted by Gasteiger charge is -2.31. The molecule has 1 aliphatic rings. The molecule has 0 unspecified atom stereocenters. The van der Waals surface area contributed by atoms with E-state index >= 15 is 0 Å². The summed E-state index contributed by atoms with van der Waals surface area (Å²) in [6, 6.07) is 5.90. The van der Waals surface area contributed by atoms with Gasteiger partial charge in [-0.1, -0.05) is 12.1 Å². The van der Waals surface area contributed by atoms with Crippen LogP contribution in [0.5, 0.6) is 0 Å². The quantitative estimate of drug-likeness (QED) is 0.693. The van der Waals surface area contributed by atoms with Crippen molar-refractivity contribution >= 4 is 11.8 Å². The molecule has 1 aromatic rings. The summed E-state index contributed by atoms with van der Waals surface area (Å²) in [6.07, 6.45) is 1.47. The van der Waals surface area contributed by atoms with Crippen LogP contribution in [0, 0.1) is 11.7 Å². The average molecular weight is 308 g/mol. The lowest BCUT2D eigenvalue weighted by atomic mass is 9.95. The molecule has 2 rings (SSSR count). The Balaban J connectivity index is 1.80. The molecule has 0 aromatic heterocycles. The zero-order valence-corrected chi connectivity index (χ0v) is 12.8. The summed E-state index contributed by atoms with van der Waals surface area (Å²) < 4.78 is 12.8. The molecule has 1 fully saturated rings. The van der Waals surface area contributed by atoms with E-state index < -0.39 is 0 Å². The van der Waals surface area contributed by atoms with Gasteiger partial charge in [0.2, 0.25) is 5.91 Å². The topological polar surface area (TPSA) is 76.6 Å². The monoisotopic (exact) mass is 308 g/mol. The van der Waals surface area contributed by atoms with Crippen LogP contribution in [0.3, 0.4) is 0 Å². The molecule has 1 aliphatic heterocycles. The second kappa shape index (κ2) is 7.35. The zero-order chi connectivity index (χ0) is 16.1. The highest BCUT2D eigenvalue weighted by molar-refractivity contribution is 5.80. The number of likely N-dealkylation sites (tertiary alicyclic amines) is 1. The summed E-state index contributed by atoms with van der Waals surface area (Å²) >= 11 is 0. The molecule has 1 heterocycles. The van der Waals surface area contributed by atoms with Crippen LogP contribution in [0.4, 0.5) is 4.39 Å². The third-order valence-corrected chi connectivity index (χ3v) is 4.42. The highest BCUT2D eigenvalue weighted by Gasteiger charge is 2.31. The van der Waals surface area contributed by atoms with Crippen molar-refractivity contribution in [2.45, 2.75) is 32.4 Å². The molecule has 5 nitrogen and oxygen atoms in total. The van der Waals surface area contributed by atoms with Gasteiger partial charge in [-0.3, -0.25) is 9.59 Å². The first kappa shape index (κ1) is 16.4. The first-order chi connectivity index (χ1) is 10.5. The number of rotatable bonds is 5. The number of quaternary nitrogens is 1. The third-order valence-electron chi connectivity index (χ3n) is 4.42. The highest BCUT2D eigenvalue weighted by atomic mass is 19.1. The zero-order valence-electron chi connectivity index (χ0n) is 12.8. The standard InChI is InChI=1S/C16H22FN3O2/c1-11(20-8-6-13(7-9-20)15(18)21)16(22)19-10-12-2-4-14(17)5-3-12/h2-5,11,13H,6-10H2,1H3,(H2,18,21)(H,19,22)/p+1/t11-/m0/s1. The number of hydrogen-bond acceptors (Lipinski definition) is 2. The Morgan fingerprint density at radius 3 is 2.45 bits per heavy atom. The normalized spacial score (nSPS) is 22.8. The number of primary amides is 1. The lowest BCUT2D eigenvalue weighted by molar-refractivity contribution is -0.919. The molecular weight excluding hydrogens is 285 g/mol. The SMILES string of the molecule is C[C@@H](C(=O)NCc1ccc(F)cc1)[NH+]1CCC(C(N)=O)CC1. The summed E-state index contributed by atoms with van der Waals surface area (Å²) in [4.78, 5) is 24.5. The second-order valence-corrected chi connectivity index (χ2v) is 5.90. The summed E-state index contributed by atoms with van der Waals surface area (Å²) in [5.41, 5.74) is 6.18. The van der Waals surface area contributed by atoms with Gasteiger partial charge in [0.1, 0.15) is 5.82 Å². The molecule has 6 heteroatoms. The molecule has 0 aliphatic carbocycles. The summed E-state index contributed by atoms with van der Waals surface area (Å²) in [6.45, 7) is 3.83. The molecule has 22 heavy (non-hydrogen) atoms. The average Bonchev–Trinajstić information content (AvgIpc) is 2.53. The largest absolute Gasteiger partial charge is 0.369 e. The number of carbonyl (C=O) groups is 2. The fraction of sp³-hybridized carbons (Fsp3) is 0.500. The van der Waals surface area contributed by atoms with E-state index in [1.54, 1.807) is 12.1 Å². The van der Waals surface area contributed by atoms with E-state index in [0.717, 1.165) is 31.5 Å². The van der Waals surface area contributed by atoms with Gasteiger partial charge in [-0.25, -0.2) is 4.39 Å². The van der Waals surface area contributed by atoms with Crippen molar-refractivity contribution in [3.63, 3.8) is 0 Å². The predicted molar refractivity (Wildman–Crippen MR) is 80.3 cm³/mol. The molecule has 2 amide bonds. The van der Waals surface area contributed by atoms with Gasteiger partial charge in [0.25, 0.3) is 5.91 Å². The molecule has 120 valence electrons. The number of piperidine rings is 1. The maximum absolute atomic E-state index is 12.8. The molecular formula is C16H23FN3O2+. The number of nitrogens with one attached hydrogen (secondary N) is 2. The van der Waals surface area contributed by atoms with Crippen LogP contribution in [-0.4, -0.2) is 30.9 Å². The Labute approximate surface area is 129 Å². The van der Waals surface area contributed by atoms with Crippen LogP contribution in [0.25, 0.3) is 0 Å². The van der Waals surface area contributed by atoms with Gasteiger partial charge in [0.05, 0.1) is 13.1 Å². The smallest absolute Gasteiger partial charge is 0.278 e. The maximum atomic E-state index is 12.8. The molecule has 4 N–H and O–H groups in total. The van der Waals surface area contributed by atoms with Crippen molar-refractivity contribution in [1.82, 2.24) is 5.32 Å². The second-order valence-electron chi connectivity index (χ2n) is 5.90. The maximum Gasteiger partial charge on any atom is 0.278 e. The van der Waals surface area contributed by atoms with Crippen molar-refractivity contribution in [2.24, 2.45) is 11.7 Å². The third kappa shape index (κ3) is 4.27. The Morgan fingerprint density at radius 1 is 1.32 bits per heavy atom. The van der Waals surface area contributed by atoms with Crippen molar-refractivity contribution in [3.05, 3.63) is 35.6 Å². The molecule has 1 atom stereocenters. The van der Waals surface area contributed by atoms with E-state index in [1.165, 1.54) is 17.0 Å². The predicted octanol–water partition coefficient (Wildman–Crippen LogP) is -0.389. The van der Waals surface area contributed by atoms with Gasteiger partial charge >= 0.3 is 0 Å². The van der Waals surface area contributed by atoms with E-state index in [1.807, 2.05) is 6.92 Å². The van der Waals surface area contributed by atoms with Crippen molar-refractivity contribution < 1.29 is 18.9 Å². The summed E-state index contributed by atoms with van der Waals surface area (Å²) in [5, 5.41) is 2.88. The van der Waals surface area contributed by atoms with Crippen LogP contribution in [-0.2, 0) is 16.1 Å². The molecule has 0 spiro atoms. The van der Waals surface area contributed by atoms with E-state index in [0.29, 0.717) is 6.54 Å². The van der Waals surface area contributed by atoms with Crippen LogP contribution >= 0.6 is 0 Å². The van der Waals surface area contributed by atoms with Gasteiger partial charge in [-0.05, 0) is 24.6 Å². The first-order valence-electron chi connectivity index (χ1n) is 7.63. The Morgan fingerprint density at radius 2 is 1.91 bits per heavy atom. The Kier molecular flexibility index (Phi) is 5.49. The number of amides is 2. The van der Waals surface area contributed by atoms with E-state index in [4.69, 9.17) is 5.73 Å². The lowest BCUT2D eigenvalue weighted by Crippen LogP contribution is -3.17. The summed E-state index contributed by atoms with van der Waals surface area (Å²) in [7, 11) is 0. The van der Waals surface area contributed by atoms with Gasteiger partial charge in [0.15, 0.2) is 6.04 Å². The Hall–Kier alpha value is -1.95. The van der Waals surface area contributed by atoms with E-state index in [-0.39, 0.29) is 29.6 Å². The minimum Gasteiger partial charge on any atom is -0.369 e. The number of nitrogens with two attached hydrogens (primary N) is 1. The van der Waals surface area contributed by atoms with Crippen molar-refractivity contribution in [3.8, 4) is 0 Å². The number of halogens is 1. The van der Waals surface area contributed by atoms with Crippen LogP contribution < -0.4 is 16.0 Å². The molecule has 0 saturated carbocycles. The minimum absolute atomic E-state index is 0.0307. The van der Waals surface area contributed by atoms with E-state index in [2.05, 4.69) is 5.32 Å². The van der Waals surface area contributed by atoms with Crippen LogP contribution in [0.2, 0.25) is 0 Å². The minimum atomic E-state index is -0.287. The molecule has 0 bridgehead atoms. The Bertz CT molecular complexity index is 525. The van der Waals surface area contributed by atoms with Gasteiger partial charge in [0, 0.05) is 25.3 Å². The molecule has 1 saturated heterocycles. The molecule has 1 aromatic carbocycles. The van der Waals surface area contributed by atoms with Crippen molar-refractivity contribution in [2.75, 3.05) is 13.1 Å². The number of benzene rings is 1. The van der Waals surface area contributed by atoms with Crippen molar-refractivity contribution in [1.29, 1.82) is 0 Å². The number of hydrogen-bond donors (Lipinski definition) is 3. The van der Waals surface area contributed by atoms with Crippen LogP contribution in [0.15, 0.2) is 24.3 Å². The fourth-order valence-corrected chi connectivity index (χ4v) is 2.84.